The highest BCUT2D eigenvalue weighted by atomic mass is 16.5. The lowest BCUT2D eigenvalue weighted by Crippen LogP contribution is -2.19. The van der Waals surface area contributed by atoms with E-state index in [2.05, 4.69) is 41.2 Å². The molecule has 7 rings (SSSR count). The molecule has 0 aromatic carbocycles. The van der Waals surface area contributed by atoms with Gasteiger partial charge in [-0.25, -0.2) is 9.97 Å². The number of H-pyrrole nitrogens is 2. The molecular weight excluding hydrogens is 464 g/mol. The molecule has 6 aromatic heterocycles. The summed E-state index contributed by atoms with van der Waals surface area (Å²) in [7, 11) is 0. The number of hydrogen-bond donors (Lipinski definition) is 2. The number of nitrogens with zero attached hydrogens (tertiary/aromatic N) is 6. The van der Waals surface area contributed by atoms with Crippen molar-refractivity contribution in [2.45, 2.75) is 38.2 Å². The minimum Gasteiger partial charge on any atom is -0.489 e. The van der Waals surface area contributed by atoms with Gasteiger partial charge in [0.2, 0.25) is 0 Å². The molecular formula is C28H24N8O. The maximum Gasteiger partial charge on any atom is 0.159 e. The lowest BCUT2D eigenvalue weighted by Gasteiger charge is -2.23. The summed E-state index contributed by atoms with van der Waals surface area (Å²) in [6.07, 6.45) is 17.0. The quantitative estimate of drug-likeness (QED) is 0.318. The Labute approximate surface area is 212 Å². The van der Waals surface area contributed by atoms with Gasteiger partial charge >= 0.3 is 0 Å². The molecule has 6 aromatic rings. The van der Waals surface area contributed by atoms with Gasteiger partial charge in [-0.1, -0.05) is 6.42 Å². The number of rotatable bonds is 5. The smallest absolute Gasteiger partial charge is 0.159 e. The molecule has 0 atom stereocenters. The third kappa shape index (κ3) is 4.08. The number of hydrogen-bond acceptors (Lipinski definition) is 7. The van der Waals surface area contributed by atoms with E-state index in [9.17, 15) is 0 Å². The average molecular weight is 489 g/mol. The predicted molar refractivity (Wildman–Crippen MR) is 141 cm³/mol. The number of fused-ring (bicyclic) bond motifs is 2. The molecule has 0 radical (unpaired) electrons. The molecule has 2 N–H and O–H groups in total. The molecule has 1 aliphatic carbocycles. The van der Waals surface area contributed by atoms with Crippen LogP contribution < -0.4 is 4.74 Å². The number of pyridine rings is 4. The molecule has 0 aliphatic heterocycles. The molecule has 9 nitrogen and oxygen atoms in total. The van der Waals surface area contributed by atoms with Crippen molar-refractivity contribution >= 4 is 22.1 Å². The third-order valence-corrected chi connectivity index (χ3v) is 6.90. The molecule has 1 fully saturated rings. The van der Waals surface area contributed by atoms with Crippen molar-refractivity contribution in [2.75, 3.05) is 0 Å². The van der Waals surface area contributed by atoms with Gasteiger partial charge in [-0.05, 0) is 56.0 Å². The van der Waals surface area contributed by atoms with E-state index in [1.807, 2.05) is 36.7 Å². The summed E-state index contributed by atoms with van der Waals surface area (Å²) >= 11 is 0. The standard InChI is InChI=1S/C28H24N8O/c1-2-4-20(5-3-1)37-21-12-18(14-30-16-21)19-13-22-25(35-36-27(22)32-15-19)28-33-23-8-11-31-24(26(23)34-28)17-6-9-29-10-7-17/h6-16,20H,1-5H2,(H,33,34)(H,32,35,36). The summed E-state index contributed by atoms with van der Waals surface area (Å²) in [5.41, 5.74) is 6.68. The molecule has 6 heterocycles. The zero-order chi connectivity index (χ0) is 24.6. The van der Waals surface area contributed by atoms with Crippen LogP contribution in [0.4, 0.5) is 0 Å². The van der Waals surface area contributed by atoms with Gasteiger partial charge < -0.3 is 9.72 Å². The van der Waals surface area contributed by atoms with Gasteiger partial charge in [0.05, 0.1) is 28.9 Å². The van der Waals surface area contributed by atoms with Crippen molar-refractivity contribution in [1.29, 1.82) is 0 Å². The van der Waals surface area contributed by atoms with Crippen LogP contribution >= 0.6 is 0 Å². The van der Waals surface area contributed by atoms with E-state index in [1.165, 1.54) is 19.3 Å². The van der Waals surface area contributed by atoms with Crippen molar-refractivity contribution in [3.05, 3.63) is 67.5 Å². The minimum absolute atomic E-state index is 0.270. The summed E-state index contributed by atoms with van der Waals surface area (Å²) in [5, 5.41) is 8.45. The molecule has 0 saturated heterocycles. The maximum absolute atomic E-state index is 6.24. The molecule has 0 bridgehead atoms. The second-order valence-electron chi connectivity index (χ2n) is 9.36. The molecule has 37 heavy (non-hydrogen) atoms. The first-order chi connectivity index (χ1) is 18.3. The Kier molecular flexibility index (Phi) is 5.31. The maximum atomic E-state index is 6.24. The molecule has 0 unspecified atom stereocenters. The zero-order valence-corrected chi connectivity index (χ0v) is 20.1. The van der Waals surface area contributed by atoms with Crippen LogP contribution in [0.1, 0.15) is 32.1 Å². The zero-order valence-electron chi connectivity index (χ0n) is 20.1. The van der Waals surface area contributed by atoms with Crippen molar-refractivity contribution in [3.8, 4) is 39.7 Å². The number of aromatic nitrogens is 8. The molecule has 1 saturated carbocycles. The first-order valence-electron chi connectivity index (χ1n) is 12.5. The van der Waals surface area contributed by atoms with Gasteiger partial charge in [-0.2, -0.15) is 5.10 Å². The van der Waals surface area contributed by atoms with E-state index in [0.29, 0.717) is 17.2 Å². The number of ether oxygens (including phenoxy) is 1. The summed E-state index contributed by atoms with van der Waals surface area (Å²) in [6.45, 7) is 0. The number of nitrogens with one attached hydrogen (secondary N) is 2. The number of imidazole rings is 1. The fraction of sp³-hybridized carbons (Fsp3) is 0.214. The van der Waals surface area contributed by atoms with E-state index in [4.69, 9.17) is 9.72 Å². The highest BCUT2D eigenvalue weighted by molar-refractivity contribution is 5.96. The third-order valence-electron chi connectivity index (χ3n) is 6.90. The highest BCUT2D eigenvalue weighted by Gasteiger charge is 2.18. The second kappa shape index (κ2) is 9.09. The van der Waals surface area contributed by atoms with E-state index >= 15 is 0 Å². The SMILES string of the molecule is c1cc(-c2nccc3[nH]c(-c4n[nH]c5ncc(-c6cncc(OC7CCCCC7)c6)cc45)nc23)ccn1. The Morgan fingerprint density at radius 3 is 2.54 bits per heavy atom. The van der Waals surface area contributed by atoms with Crippen molar-refractivity contribution in [1.82, 2.24) is 40.1 Å². The van der Waals surface area contributed by atoms with Gasteiger partial charge in [0.15, 0.2) is 11.5 Å². The Bertz CT molecular complexity index is 1700. The fourth-order valence-corrected chi connectivity index (χ4v) is 5.03. The summed E-state index contributed by atoms with van der Waals surface area (Å²) in [4.78, 5) is 26.0. The van der Waals surface area contributed by atoms with Crippen LogP contribution in [0.25, 0.3) is 56.0 Å². The van der Waals surface area contributed by atoms with Gasteiger partial charge in [-0.15, -0.1) is 0 Å². The lowest BCUT2D eigenvalue weighted by molar-refractivity contribution is 0.154. The van der Waals surface area contributed by atoms with E-state index < -0.39 is 0 Å². The van der Waals surface area contributed by atoms with E-state index in [1.54, 1.807) is 24.8 Å². The minimum atomic E-state index is 0.270. The van der Waals surface area contributed by atoms with Crippen molar-refractivity contribution in [2.24, 2.45) is 0 Å². The van der Waals surface area contributed by atoms with Gasteiger partial charge in [0.25, 0.3) is 0 Å². The highest BCUT2D eigenvalue weighted by Crippen LogP contribution is 2.32. The van der Waals surface area contributed by atoms with Crippen molar-refractivity contribution < 1.29 is 4.74 Å². The molecule has 0 spiro atoms. The molecule has 9 heteroatoms. The van der Waals surface area contributed by atoms with Crippen molar-refractivity contribution in [3.63, 3.8) is 0 Å². The first kappa shape index (κ1) is 21.6. The fourth-order valence-electron chi connectivity index (χ4n) is 5.03. The first-order valence-corrected chi connectivity index (χ1v) is 12.5. The molecule has 182 valence electrons. The second-order valence-corrected chi connectivity index (χ2v) is 9.36. The summed E-state index contributed by atoms with van der Waals surface area (Å²) in [6, 6.07) is 9.88. The number of aromatic amines is 2. The average Bonchev–Trinajstić information content (AvgIpc) is 3.58. The van der Waals surface area contributed by atoms with Crippen LogP contribution in [-0.2, 0) is 0 Å². The van der Waals surface area contributed by atoms with Gasteiger partial charge in [-0.3, -0.25) is 20.1 Å². The lowest BCUT2D eigenvalue weighted by atomic mass is 9.98. The monoisotopic (exact) mass is 488 g/mol. The van der Waals surface area contributed by atoms with Gasteiger partial charge in [0.1, 0.15) is 17.0 Å². The Balaban J connectivity index is 1.26. The van der Waals surface area contributed by atoms with Crippen LogP contribution in [0.15, 0.2) is 67.5 Å². The molecule has 1 aliphatic rings. The van der Waals surface area contributed by atoms with E-state index in [-0.39, 0.29) is 6.10 Å². The van der Waals surface area contributed by atoms with Gasteiger partial charge in [0, 0.05) is 47.7 Å². The topological polar surface area (TPSA) is 118 Å². The van der Waals surface area contributed by atoms with Crippen LogP contribution in [-0.4, -0.2) is 46.2 Å². The Hall–Kier alpha value is -4.66. The Morgan fingerprint density at radius 2 is 1.65 bits per heavy atom. The predicted octanol–water partition coefficient (Wildman–Crippen LogP) is 5.73. The van der Waals surface area contributed by atoms with E-state index in [0.717, 1.165) is 57.4 Å². The normalized spacial score (nSPS) is 14.4. The largest absolute Gasteiger partial charge is 0.489 e. The summed E-state index contributed by atoms with van der Waals surface area (Å²) < 4.78 is 6.24. The van der Waals surface area contributed by atoms with Crippen LogP contribution in [0.3, 0.4) is 0 Å². The van der Waals surface area contributed by atoms with Crippen LogP contribution in [0, 0.1) is 0 Å². The van der Waals surface area contributed by atoms with Crippen LogP contribution in [0.5, 0.6) is 5.75 Å². The summed E-state index contributed by atoms with van der Waals surface area (Å²) in [5.74, 6) is 1.45. The Morgan fingerprint density at radius 1 is 0.784 bits per heavy atom. The molecule has 0 amide bonds. The van der Waals surface area contributed by atoms with Crippen LogP contribution in [0.2, 0.25) is 0 Å².